The fraction of sp³-hybridized carbons (Fsp3) is 0.333. The van der Waals surface area contributed by atoms with E-state index in [0.29, 0.717) is 12.2 Å². The lowest BCUT2D eigenvalue weighted by Crippen LogP contribution is -2.13. The van der Waals surface area contributed by atoms with Crippen molar-refractivity contribution >= 4 is 5.97 Å². The van der Waals surface area contributed by atoms with E-state index in [4.69, 9.17) is 15.1 Å². The maximum atomic E-state index is 13.2. The van der Waals surface area contributed by atoms with Gasteiger partial charge in [-0.25, -0.2) is 4.39 Å². The monoisotopic (exact) mass is 237 g/mol. The van der Waals surface area contributed by atoms with Crippen molar-refractivity contribution in [2.24, 2.45) is 0 Å². The molecule has 1 unspecified atom stereocenters. The average Bonchev–Trinajstić information content (AvgIpc) is 2.26. The molecule has 0 bridgehead atoms. The molecule has 0 fully saturated rings. The predicted octanol–water partition coefficient (Wildman–Crippen LogP) is 2.33. The molecule has 0 aliphatic rings. The molecule has 0 aliphatic carbocycles. The highest BCUT2D eigenvalue weighted by molar-refractivity contribution is 5.66. The summed E-state index contributed by atoms with van der Waals surface area (Å²) in [6.45, 7) is 1.71. The van der Waals surface area contributed by atoms with Crippen LogP contribution in [0.15, 0.2) is 18.2 Å². The smallest absolute Gasteiger partial charge is 0.303 e. The van der Waals surface area contributed by atoms with Crippen LogP contribution in [-0.4, -0.2) is 17.2 Å². The van der Waals surface area contributed by atoms with Crippen molar-refractivity contribution < 1.29 is 19.0 Å². The molecule has 1 atom stereocenters. The van der Waals surface area contributed by atoms with Crippen molar-refractivity contribution in [1.29, 1.82) is 5.26 Å². The Kier molecular flexibility index (Phi) is 4.46. The zero-order chi connectivity index (χ0) is 12.8. The summed E-state index contributed by atoms with van der Waals surface area (Å²) < 4.78 is 18.6. The number of hydrogen-bond donors (Lipinski definition) is 1. The SMILES string of the molecule is CC(CCC(=O)O)Oc1ccc(C#N)c(F)c1. The molecule has 1 aromatic rings. The van der Waals surface area contributed by atoms with Gasteiger partial charge in [-0.3, -0.25) is 4.79 Å². The van der Waals surface area contributed by atoms with Gasteiger partial charge in [0.25, 0.3) is 0 Å². The van der Waals surface area contributed by atoms with E-state index >= 15 is 0 Å². The second kappa shape index (κ2) is 5.85. The first kappa shape index (κ1) is 13.0. The quantitative estimate of drug-likeness (QED) is 0.853. The molecule has 0 heterocycles. The zero-order valence-corrected chi connectivity index (χ0v) is 9.31. The normalized spacial score (nSPS) is 11.6. The van der Waals surface area contributed by atoms with E-state index in [1.807, 2.05) is 0 Å². The van der Waals surface area contributed by atoms with Crippen molar-refractivity contribution in [1.82, 2.24) is 0 Å². The lowest BCUT2D eigenvalue weighted by Gasteiger charge is -2.13. The van der Waals surface area contributed by atoms with Crippen molar-refractivity contribution in [3.63, 3.8) is 0 Å². The summed E-state index contributed by atoms with van der Waals surface area (Å²) in [5.74, 6) is -1.25. The molecule has 1 rings (SSSR count). The van der Waals surface area contributed by atoms with Crippen LogP contribution >= 0.6 is 0 Å². The Balaban J connectivity index is 2.60. The summed E-state index contributed by atoms with van der Waals surface area (Å²) in [7, 11) is 0. The van der Waals surface area contributed by atoms with Gasteiger partial charge >= 0.3 is 5.97 Å². The van der Waals surface area contributed by atoms with Crippen molar-refractivity contribution in [2.45, 2.75) is 25.9 Å². The number of ether oxygens (including phenoxy) is 1. The van der Waals surface area contributed by atoms with Crippen molar-refractivity contribution in [3.05, 3.63) is 29.6 Å². The van der Waals surface area contributed by atoms with Gasteiger partial charge in [-0.1, -0.05) is 0 Å². The molecule has 17 heavy (non-hydrogen) atoms. The molecule has 4 nitrogen and oxygen atoms in total. The van der Waals surface area contributed by atoms with Crippen LogP contribution in [-0.2, 0) is 4.79 Å². The first-order chi connectivity index (χ1) is 8.02. The van der Waals surface area contributed by atoms with Gasteiger partial charge in [0.15, 0.2) is 0 Å². The minimum atomic E-state index is -0.897. The topological polar surface area (TPSA) is 70.3 Å². The highest BCUT2D eigenvalue weighted by Gasteiger charge is 2.09. The van der Waals surface area contributed by atoms with Crippen LogP contribution in [0.4, 0.5) is 4.39 Å². The second-order valence-corrected chi connectivity index (χ2v) is 3.61. The molecule has 5 heteroatoms. The Labute approximate surface area is 98.2 Å². The first-order valence-corrected chi connectivity index (χ1v) is 5.11. The minimum absolute atomic E-state index is 0.0000715. The average molecular weight is 237 g/mol. The van der Waals surface area contributed by atoms with Gasteiger partial charge in [-0.2, -0.15) is 5.26 Å². The molecule has 0 saturated heterocycles. The Morgan fingerprint density at radius 2 is 2.35 bits per heavy atom. The van der Waals surface area contributed by atoms with Gasteiger partial charge in [0.2, 0.25) is 0 Å². The number of carboxylic acids is 1. The number of rotatable bonds is 5. The van der Waals surface area contributed by atoms with Gasteiger partial charge in [-0.15, -0.1) is 0 Å². The highest BCUT2D eigenvalue weighted by Crippen LogP contribution is 2.18. The third-order valence-electron chi connectivity index (χ3n) is 2.16. The molecule has 0 saturated carbocycles. The molecule has 0 radical (unpaired) electrons. The summed E-state index contributed by atoms with van der Waals surface area (Å²) in [6.07, 6.45) is 0.0232. The molecule has 90 valence electrons. The van der Waals surface area contributed by atoms with Gasteiger partial charge in [-0.05, 0) is 25.5 Å². The number of carboxylic acid groups (broad SMARTS) is 1. The third kappa shape index (κ3) is 4.11. The van der Waals surface area contributed by atoms with Crippen LogP contribution in [0.3, 0.4) is 0 Å². The number of nitriles is 1. The fourth-order valence-corrected chi connectivity index (χ4v) is 1.28. The Morgan fingerprint density at radius 1 is 1.65 bits per heavy atom. The number of hydrogen-bond acceptors (Lipinski definition) is 3. The summed E-state index contributed by atoms with van der Waals surface area (Å²) in [5.41, 5.74) is -0.0458. The third-order valence-corrected chi connectivity index (χ3v) is 2.16. The van der Waals surface area contributed by atoms with E-state index in [1.54, 1.807) is 13.0 Å². The van der Waals surface area contributed by atoms with E-state index in [1.165, 1.54) is 12.1 Å². The van der Waals surface area contributed by atoms with Gasteiger partial charge < -0.3 is 9.84 Å². The van der Waals surface area contributed by atoms with Crippen molar-refractivity contribution in [2.75, 3.05) is 0 Å². The summed E-state index contributed by atoms with van der Waals surface area (Å²) in [6, 6.07) is 5.64. The van der Waals surface area contributed by atoms with Crippen LogP contribution < -0.4 is 4.74 Å². The van der Waals surface area contributed by atoms with E-state index in [0.717, 1.165) is 6.07 Å². The molecular weight excluding hydrogens is 225 g/mol. The van der Waals surface area contributed by atoms with Crippen LogP contribution in [0.2, 0.25) is 0 Å². The summed E-state index contributed by atoms with van der Waals surface area (Å²) in [5, 5.41) is 17.0. The van der Waals surface area contributed by atoms with Crippen LogP contribution in [0.5, 0.6) is 5.75 Å². The number of carbonyl (C=O) groups is 1. The summed E-state index contributed by atoms with van der Waals surface area (Å²) >= 11 is 0. The lowest BCUT2D eigenvalue weighted by atomic mass is 10.2. The molecule has 0 aromatic heterocycles. The first-order valence-electron chi connectivity index (χ1n) is 5.11. The zero-order valence-electron chi connectivity index (χ0n) is 9.31. The number of nitrogens with zero attached hydrogens (tertiary/aromatic N) is 1. The summed E-state index contributed by atoms with van der Waals surface area (Å²) in [4.78, 5) is 10.3. The lowest BCUT2D eigenvalue weighted by molar-refractivity contribution is -0.137. The molecule has 1 N–H and O–H groups in total. The van der Waals surface area contributed by atoms with Crippen LogP contribution in [0, 0.1) is 17.1 Å². The molecule has 1 aromatic carbocycles. The molecular formula is C12H12FNO3. The molecule has 0 spiro atoms. The largest absolute Gasteiger partial charge is 0.491 e. The van der Waals surface area contributed by atoms with E-state index < -0.39 is 11.8 Å². The Bertz CT molecular complexity index is 454. The van der Waals surface area contributed by atoms with Crippen LogP contribution in [0.25, 0.3) is 0 Å². The maximum Gasteiger partial charge on any atom is 0.303 e. The minimum Gasteiger partial charge on any atom is -0.491 e. The Morgan fingerprint density at radius 3 is 2.88 bits per heavy atom. The fourth-order valence-electron chi connectivity index (χ4n) is 1.28. The predicted molar refractivity (Wildman–Crippen MR) is 58.1 cm³/mol. The number of halogens is 1. The van der Waals surface area contributed by atoms with Crippen LogP contribution in [0.1, 0.15) is 25.3 Å². The second-order valence-electron chi connectivity index (χ2n) is 3.61. The molecule has 0 amide bonds. The number of benzene rings is 1. The van der Waals surface area contributed by atoms with Crippen molar-refractivity contribution in [3.8, 4) is 11.8 Å². The van der Waals surface area contributed by atoms with E-state index in [-0.39, 0.29) is 18.1 Å². The Hall–Kier alpha value is -2.09. The number of aliphatic carboxylic acids is 1. The van der Waals surface area contributed by atoms with E-state index in [2.05, 4.69) is 0 Å². The standard InChI is InChI=1S/C12H12FNO3/c1-8(2-5-12(15)16)17-10-4-3-9(7-14)11(13)6-10/h3-4,6,8H,2,5H2,1H3,(H,15,16). The van der Waals surface area contributed by atoms with E-state index in [9.17, 15) is 9.18 Å². The van der Waals surface area contributed by atoms with Gasteiger partial charge in [0, 0.05) is 12.5 Å². The maximum absolute atomic E-state index is 13.2. The van der Waals surface area contributed by atoms with Gasteiger partial charge in [0.05, 0.1) is 11.7 Å². The van der Waals surface area contributed by atoms with Gasteiger partial charge in [0.1, 0.15) is 17.6 Å². The molecule has 0 aliphatic heterocycles. The highest BCUT2D eigenvalue weighted by atomic mass is 19.1.